The van der Waals surface area contributed by atoms with Crippen LogP contribution < -0.4 is 15.8 Å². The first kappa shape index (κ1) is 16.6. The van der Waals surface area contributed by atoms with Gasteiger partial charge in [0.05, 0.1) is 5.39 Å². The molecule has 7 heteroatoms. The van der Waals surface area contributed by atoms with E-state index in [9.17, 15) is 9.59 Å². The van der Waals surface area contributed by atoms with Crippen LogP contribution in [0.4, 0.5) is 11.4 Å². The zero-order valence-corrected chi connectivity index (χ0v) is 14.3. The van der Waals surface area contributed by atoms with Crippen molar-refractivity contribution in [1.29, 1.82) is 0 Å². The summed E-state index contributed by atoms with van der Waals surface area (Å²) >= 11 is 0. The number of anilines is 2. The fraction of sp³-hybridized carbons (Fsp3) is 0.222. The van der Waals surface area contributed by atoms with Gasteiger partial charge < -0.3 is 10.2 Å². The summed E-state index contributed by atoms with van der Waals surface area (Å²) in [6, 6.07) is 13.6. The molecule has 0 radical (unpaired) electrons. The summed E-state index contributed by atoms with van der Waals surface area (Å²) in [5.41, 5.74) is 1.86. The Bertz CT molecular complexity index is 963. The maximum absolute atomic E-state index is 12.5. The molecular formula is C18H19N5O2. The Morgan fingerprint density at radius 2 is 1.80 bits per heavy atom. The Morgan fingerprint density at radius 3 is 2.48 bits per heavy atom. The number of rotatable bonds is 4. The topological polar surface area (TPSA) is 80.1 Å². The molecule has 0 unspecified atom stereocenters. The molecule has 0 aliphatic heterocycles. The van der Waals surface area contributed by atoms with E-state index in [-0.39, 0.29) is 11.5 Å². The van der Waals surface area contributed by atoms with Gasteiger partial charge >= 0.3 is 0 Å². The third-order valence-corrected chi connectivity index (χ3v) is 3.99. The van der Waals surface area contributed by atoms with Gasteiger partial charge in [-0.05, 0) is 43.3 Å². The van der Waals surface area contributed by atoms with Crippen molar-refractivity contribution in [3.63, 3.8) is 0 Å². The Balaban J connectivity index is 1.83. The highest BCUT2D eigenvalue weighted by atomic mass is 16.2. The smallest absolute Gasteiger partial charge is 0.278 e. The van der Waals surface area contributed by atoms with Crippen molar-refractivity contribution < 1.29 is 4.79 Å². The first-order chi connectivity index (χ1) is 12.0. The molecule has 3 rings (SSSR count). The van der Waals surface area contributed by atoms with Crippen molar-refractivity contribution in [2.24, 2.45) is 0 Å². The number of carbonyl (C=O) groups excluding carboxylic acids is 1. The van der Waals surface area contributed by atoms with Crippen molar-refractivity contribution in [3.8, 4) is 0 Å². The molecule has 0 aliphatic carbocycles. The summed E-state index contributed by atoms with van der Waals surface area (Å²) in [4.78, 5) is 27.0. The van der Waals surface area contributed by atoms with Crippen molar-refractivity contribution in [3.05, 3.63) is 58.9 Å². The maximum atomic E-state index is 12.5. The molecule has 1 amide bonds. The van der Waals surface area contributed by atoms with E-state index in [1.165, 1.54) is 0 Å². The summed E-state index contributed by atoms with van der Waals surface area (Å²) in [6.45, 7) is 1.62. The number of nitrogens with zero attached hydrogens (tertiary/aromatic N) is 4. The molecule has 0 fully saturated rings. The first-order valence-corrected chi connectivity index (χ1v) is 7.90. The minimum atomic E-state index is -0.780. The van der Waals surface area contributed by atoms with Gasteiger partial charge in [0, 0.05) is 25.5 Å². The van der Waals surface area contributed by atoms with Crippen LogP contribution in [-0.2, 0) is 4.79 Å². The lowest BCUT2D eigenvalue weighted by Crippen LogP contribution is -2.34. The van der Waals surface area contributed by atoms with Crippen LogP contribution in [0.1, 0.15) is 13.0 Å². The second-order valence-corrected chi connectivity index (χ2v) is 5.96. The molecule has 2 aromatic carbocycles. The van der Waals surface area contributed by atoms with Crippen LogP contribution >= 0.6 is 0 Å². The molecule has 0 saturated carbocycles. The van der Waals surface area contributed by atoms with Crippen molar-refractivity contribution in [2.75, 3.05) is 24.3 Å². The third-order valence-electron chi connectivity index (χ3n) is 3.99. The van der Waals surface area contributed by atoms with Gasteiger partial charge in [-0.1, -0.05) is 17.3 Å². The lowest BCUT2D eigenvalue weighted by Gasteiger charge is -2.15. The van der Waals surface area contributed by atoms with E-state index in [4.69, 9.17) is 0 Å². The molecule has 1 atom stereocenters. The summed E-state index contributed by atoms with van der Waals surface area (Å²) in [5, 5.41) is 11.1. The number of benzene rings is 2. The molecule has 1 N–H and O–H groups in total. The highest BCUT2D eigenvalue weighted by Gasteiger charge is 2.19. The van der Waals surface area contributed by atoms with Crippen LogP contribution in [0.3, 0.4) is 0 Å². The van der Waals surface area contributed by atoms with Gasteiger partial charge in [-0.15, -0.1) is 5.10 Å². The molecule has 0 spiro atoms. The van der Waals surface area contributed by atoms with Gasteiger partial charge in [0.15, 0.2) is 0 Å². The van der Waals surface area contributed by atoms with Gasteiger partial charge in [0.2, 0.25) is 5.91 Å². The molecule has 25 heavy (non-hydrogen) atoms. The Labute approximate surface area is 144 Å². The molecule has 3 aromatic rings. The highest BCUT2D eigenvalue weighted by Crippen LogP contribution is 2.17. The molecule has 0 bridgehead atoms. The lowest BCUT2D eigenvalue weighted by molar-refractivity contribution is -0.119. The normalized spacial score (nSPS) is 12.0. The summed E-state index contributed by atoms with van der Waals surface area (Å²) in [5.74, 6) is -0.329. The van der Waals surface area contributed by atoms with Crippen LogP contribution in [0.2, 0.25) is 0 Å². The Morgan fingerprint density at radius 1 is 1.12 bits per heavy atom. The second kappa shape index (κ2) is 6.72. The number of hydrogen-bond donors (Lipinski definition) is 1. The largest absolute Gasteiger partial charge is 0.378 e. The number of fused-ring (bicyclic) bond motifs is 1. The third kappa shape index (κ3) is 3.35. The fourth-order valence-electron chi connectivity index (χ4n) is 2.46. The van der Waals surface area contributed by atoms with E-state index in [2.05, 4.69) is 15.6 Å². The average molecular weight is 337 g/mol. The van der Waals surface area contributed by atoms with Crippen LogP contribution in [0.15, 0.2) is 53.3 Å². The molecular weight excluding hydrogens is 318 g/mol. The monoisotopic (exact) mass is 337 g/mol. The molecule has 0 saturated heterocycles. The second-order valence-electron chi connectivity index (χ2n) is 5.96. The Kier molecular flexibility index (Phi) is 4.47. The molecule has 0 aliphatic rings. The van der Waals surface area contributed by atoms with E-state index >= 15 is 0 Å². The quantitative estimate of drug-likeness (QED) is 0.788. The van der Waals surface area contributed by atoms with Gasteiger partial charge in [-0.2, -0.15) is 4.68 Å². The maximum Gasteiger partial charge on any atom is 0.278 e. The lowest BCUT2D eigenvalue weighted by atomic mass is 10.2. The van der Waals surface area contributed by atoms with E-state index in [1.807, 2.05) is 43.3 Å². The number of aromatic nitrogens is 3. The van der Waals surface area contributed by atoms with Crippen LogP contribution in [0.5, 0.6) is 0 Å². The molecule has 1 aromatic heterocycles. The van der Waals surface area contributed by atoms with Crippen molar-refractivity contribution >= 4 is 28.2 Å². The SMILES string of the molecule is C[C@@H](C(=O)Nc1ccc(N(C)C)cc1)n1nnc2ccccc2c1=O. The highest BCUT2D eigenvalue weighted by molar-refractivity contribution is 5.93. The van der Waals surface area contributed by atoms with Gasteiger partial charge in [0.1, 0.15) is 11.6 Å². The van der Waals surface area contributed by atoms with Crippen molar-refractivity contribution in [2.45, 2.75) is 13.0 Å². The van der Waals surface area contributed by atoms with E-state index in [0.717, 1.165) is 10.4 Å². The number of nitrogens with one attached hydrogen (secondary N) is 1. The predicted molar refractivity (Wildman–Crippen MR) is 97.9 cm³/mol. The predicted octanol–water partition coefficient (Wildman–Crippen LogP) is 2.06. The minimum absolute atomic E-state index is 0.329. The zero-order valence-electron chi connectivity index (χ0n) is 14.3. The first-order valence-electron chi connectivity index (χ1n) is 7.90. The molecule has 128 valence electrons. The van der Waals surface area contributed by atoms with Crippen molar-refractivity contribution in [1.82, 2.24) is 15.0 Å². The minimum Gasteiger partial charge on any atom is -0.378 e. The number of hydrogen-bond acceptors (Lipinski definition) is 5. The van der Waals surface area contributed by atoms with Gasteiger partial charge in [-0.25, -0.2) is 0 Å². The Hall–Kier alpha value is -3.22. The number of amides is 1. The fourth-order valence-corrected chi connectivity index (χ4v) is 2.46. The molecule has 7 nitrogen and oxygen atoms in total. The van der Waals surface area contributed by atoms with E-state index in [0.29, 0.717) is 16.6 Å². The van der Waals surface area contributed by atoms with Gasteiger partial charge in [0.25, 0.3) is 5.56 Å². The zero-order chi connectivity index (χ0) is 18.0. The summed E-state index contributed by atoms with van der Waals surface area (Å²) < 4.78 is 1.10. The summed E-state index contributed by atoms with van der Waals surface area (Å²) in [7, 11) is 3.89. The average Bonchev–Trinajstić information content (AvgIpc) is 2.62. The van der Waals surface area contributed by atoms with E-state index in [1.54, 1.807) is 31.2 Å². The van der Waals surface area contributed by atoms with E-state index < -0.39 is 6.04 Å². The van der Waals surface area contributed by atoms with Crippen LogP contribution in [-0.4, -0.2) is 35.0 Å². The standard InChI is InChI=1S/C18H19N5O2/c1-12(17(24)19-13-8-10-14(11-9-13)22(2)3)23-18(25)15-6-4-5-7-16(15)20-21-23/h4-12H,1-3H3,(H,19,24)/t12-/m0/s1. The van der Waals surface area contributed by atoms with Crippen LogP contribution in [0.25, 0.3) is 10.9 Å². The molecule has 1 heterocycles. The van der Waals surface area contributed by atoms with Crippen LogP contribution in [0, 0.1) is 0 Å². The van der Waals surface area contributed by atoms with Gasteiger partial charge in [-0.3, -0.25) is 9.59 Å². The summed E-state index contributed by atoms with van der Waals surface area (Å²) in [6.07, 6.45) is 0. The number of carbonyl (C=O) groups is 1.